The van der Waals surface area contributed by atoms with Crippen molar-refractivity contribution in [1.29, 1.82) is 0 Å². The van der Waals surface area contributed by atoms with Crippen LogP contribution in [0.25, 0.3) is 0 Å². The molecule has 0 fully saturated rings. The molecule has 1 unspecified atom stereocenters. The SMILES string of the molecule is CC(CN)CC(=O)Nc1ccc2c(c1)OC(F)(F)O2. The Morgan fingerprint density at radius 2 is 2.11 bits per heavy atom. The normalized spacial score (nSPS) is 17.1. The van der Waals surface area contributed by atoms with E-state index in [0.717, 1.165) is 0 Å². The van der Waals surface area contributed by atoms with Crippen LogP contribution in [0.3, 0.4) is 0 Å². The molecule has 1 aliphatic heterocycles. The topological polar surface area (TPSA) is 73.6 Å². The molecule has 0 radical (unpaired) electrons. The molecule has 0 aromatic heterocycles. The van der Waals surface area contributed by atoms with Crippen LogP contribution in [-0.4, -0.2) is 18.7 Å². The van der Waals surface area contributed by atoms with Crippen LogP contribution in [-0.2, 0) is 4.79 Å². The van der Waals surface area contributed by atoms with Gasteiger partial charge in [0.2, 0.25) is 5.91 Å². The zero-order valence-corrected chi connectivity index (χ0v) is 10.3. The van der Waals surface area contributed by atoms with E-state index in [1.165, 1.54) is 18.2 Å². The summed E-state index contributed by atoms with van der Waals surface area (Å²) in [5.74, 6) is -0.338. The number of nitrogens with two attached hydrogens (primary N) is 1. The molecule has 7 heteroatoms. The lowest BCUT2D eigenvalue weighted by Crippen LogP contribution is -2.25. The minimum absolute atomic E-state index is 0.0540. The Labute approximate surface area is 108 Å². The van der Waals surface area contributed by atoms with Gasteiger partial charge in [-0.25, -0.2) is 0 Å². The molecule has 3 N–H and O–H groups in total. The number of hydrogen-bond acceptors (Lipinski definition) is 4. The molecular weight excluding hydrogens is 258 g/mol. The quantitative estimate of drug-likeness (QED) is 0.878. The minimum atomic E-state index is -3.65. The van der Waals surface area contributed by atoms with Gasteiger partial charge in [-0.15, -0.1) is 8.78 Å². The molecule has 0 aliphatic carbocycles. The van der Waals surface area contributed by atoms with Crippen molar-refractivity contribution in [1.82, 2.24) is 0 Å². The van der Waals surface area contributed by atoms with Crippen LogP contribution in [0.5, 0.6) is 11.5 Å². The van der Waals surface area contributed by atoms with Gasteiger partial charge in [-0.2, -0.15) is 0 Å². The van der Waals surface area contributed by atoms with E-state index in [-0.39, 0.29) is 29.7 Å². The summed E-state index contributed by atoms with van der Waals surface area (Å²) in [6.45, 7) is 2.25. The minimum Gasteiger partial charge on any atom is -0.395 e. The van der Waals surface area contributed by atoms with Crippen LogP contribution in [0, 0.1) is 5.92 Å². The summed E-state index contributed by atoms with van der Waals surface area (Å²) in [4.78, 5) is 11.6. The fraction of sp³-hybridized carbons (Fsp3) is 0.417. The number of halogens is 2. The molecule has 19 heavy (non-hydrogen) atoms. The Bertz CT molecular complexity index is 494. The molecule has 1 aromatic carbocycles. The fourth-order valence-electron chi connectivity index (χ4n) is 1.64. The van der Waals surface area contributed by atoms with Crippen LogP contribution in [0.4, 0.5) is 14.5 Å². The zero-order valence-electron chi connectivity index (χ0n) is 10.3. The average molecular weight is 272 g/mol. The van der Waals surface area contributed by atoms with Gasteiger partial charge in [0.1, 0.15) is 0 Å². The molecule has 1 heterocycles. The van der Waals surface area contributed by atoms with Gasteiger partial charge in [-0.3, -0.25) is 4.79 Å². The molecule has 0 spiro atoms. The van der Waals surface area contributed by atoms with E-state index < -0.39 is 6.29 Å². The van der Waals surface area contributed by atoms with E-state index in [1.807, 2.05) is 6.92 Å². The zero-order chi connectivity index (χ0) is 14.0. The molecule has 0 bridgehead atoms. The Morgan fingerprint density at radius 3 is 2.79 bits per heavy atom. The highest BCUT2D eigenvalue weighted by Gasteiger charge is 2.43. The van der Waals surface area contributed by atoms with Crippen LogP contribution in [0.2, 0.25) is 0 Å². The van der Waals surface area contributed by atoms with Crippen LogP contribution >= 0.6 is 0 Å². The van der Waals surface area contributed by atoms with Gasteiger partial charge in [-0.1, -0.05) is 6.92 Å². The highest BCUT2D eigenvalue weighted by molar-refractivity contribution is 5.91. The van der Waals surface area contributed by atoms with E-state index in [4.69, 9.17) is 5.73 Å². The summed E-state index contributed by atoms with van der Waals surface area (Å²) < 4.78 is 34.1. The Balaban J connectivity index is 2.02. The van der Waals surface area contributed by atoms with E-state index in [2.05, 4.69) is 14.8 Å². The molecule has 1 amide bonds. The molecule has 104 valence electrons. The Morgan fingerprint density at radius 1 is 1.42 bits per heavy atom. The van der Waals surface area contributed by atoms with Gasteiger partial charge >= 0.3 is 6.29 Å². The van der Waals surface area contributed by atoms with Gasteiger partial charge < -0.3 is 20.5 Å². The lowest BCUT2D eigenvalue weighted by molar-refractivity contribution is -0.286. The molecule has 2 rings (SSSR count). The number of carbonyl (C=O) groups is 1. The third-order valence-corrected chi connectivity index (χ3v) is 2.62. The number of ether oxygens (including phenoxy) is 2. The van der Waals surface area contributed by atoms with Gasteiger partial charge in [0.25, 0.3) is 0 Å². The van der Waals surface area contributed by atoms with Crippen molar-refractivity contribution in [2.45, 2.75) is 19.6 Å². The fourth-order valence-corrected chi connectivity index (χ4v) is 1.64. The second-order valence-electron chi connectivity index (χ2n) is 4.42. The van der Waals surface area contributed by atoms with E-state index in [1.54, 1.807) is 0 Å². The lowest BCUT2D eigenvalue weighted by Gasteiger charge is -2.09. The van der Waals surface area contributed by atoms with Gasteiger partial charge in [0.15, 0.2) is 11.5 Å². The molecule has 0 saturated carbocycles. The van der Waals surface area contributed by atoms with Gasteiger partial charge in [0.05, 0.1) is 0 Å². The largest absolute Gasteiger partial charge is 0.586 e. The number of nitrogens with one attached hydrogen (secondary N) is 1. The number of alkyl halides is 2. The number of carbonyl (C=O) groups excluding carboxylic acids is 1. The van der Waals surface area contributed by atoms with E-state index in [9.17, 15) is 13.6 Å². The van der Waals surface area contributed by atoms with Crippen molar-refractivity contribution < 1.29 is 23.0 Å². The third-order valence-electron chi connectivity index (χ3n) is 2.62. The summed E-state index contributed by atoms with van der Waals surface area (Å²) in [5.41, 5.74) is 5.79. The van der Waals surface area contributed by atoms with Crippen molar-refractivity contribution in [3.8, 4) is 11.5 Å². The maximum absolute atomic E-state index is 12.8. The number of amides is 1. The number of rotatable bonds is 4. The van der Waals surface area contributed by atoms with Crippen LogP contribution in [0.15, 0.2) is 18.2 Å². The van der Waals surface area contributed by atoms with Crippen molar-refractivity contribution >= 4 is 11.6 Å². The average Bonchev–Trinajstić information content (AvgIpc) is 2.61. The summed E-state index contributed by atoms with van der Waals surface area (Å²) >= 11 is 0. The lowest BCUT2D eigenvalue weighted by atomic mass is 10.1. The molecule has 1 atom stereocenters. The Hall–Kier alpha value is -1.89. The smallest absolute Gasteiger partial charge is 0.395 e. The van der Waals surface area contributed by atoms with Crippen LogP contribution < -0.4 is 20.5 Å². The number of fused-ring (bicyclic) bond motifs is 1. The van der Waals surface area contributed by atoms with Crippen molar-refractivity contribution in [2.24, 2.45) is 11.7 Å². The third kappa shape index (κ3) is 3.31. The van der Waals surface area contributed by atoms with Crippen LogP contribution in [0.1, 0.15) is 13.3 Å². The number of anilines is 1. The summed E-state index contributed by atoms with van der Waals surface area (Å²) in [7, 11) is 0. The van der Waals surface area contributed by atoms with Gasteiger partial charge in [0, 0.05) is 18.2 Å². The van der Waals surface area contributed by atoms with E-state index in [0.29, 0.717) is 12.2 Å². The first-order valence-corrected chi connectivity index (χ1v) is 5.79. The second-order valence-corrected chi connectivity index (χ2v) is 4.42. The van der Waals surface area contributed by atoms with Gasteiger partial charge in [-0.05, 0) is 24.6 Å². The molecule has 1 aromatic rings. The predicted octanol–water partition coefficient (Wildman–Crippen LogP) is 1.93. The summed E-state index contributed by atoms with van der Waals surface area (Å²) in [6.07, 6.45) is -3.39. The van der Waals surface area contributed by atoms with Crippen molar-refractivity contribution in [2.75, 3.05) is 11.9 Å². The second kappa shape index (κ2) is 5.00. The molecule has 1 aliphatic rings. The maximum Gasteiger partial charge on any atom is 0.586 e. The standard InChI is InChI=1S/C12H14F2N2O3/c1-7(6-15)4-11(17)16-8-2-3-9-10(5-8)19-12(13,14)18-9/h2-3,5,7H,4,6,15H2,1H3,(H,16,17). The van der Waals surface area contributed by atoms with E-state index >= 15 is 0 Å². The monoisotopic (exact) mass is 272 g/mol. The molecular formula is C12H14F2N2O3. The first-order valence-electron chi connectivity index (χ1n) is 5.79. The van der Waals surface area contributed by atoms with Crippen molar-refractivity contribution in [3.05, 3.63) is 18.2 Å². The first kappa shape index (κ1) is 13.5. The first-order chi connectivity index (χ1) is 8.89. The number of hydrogen-bond donors (Lipinski definition) is 2. The Kier molecular flexibility index (Phi) is 3.57. The predicted molar refractivity (Wildman–Crippen MR) is 64.1 cm³/mol. The summed E-state index contributed by atoms with van der Waals surface area (Å²) in [6, 6.07) is 4.08. The van der Waals surface area contributed by atoms with Crippen molar-refractivity contribution in [3.63, 3.8) is 0 Å². The summed E-state index contributed by atoms with van der Waals surface area (Å²) in [5, 5.41) is 2.59. The highest BCUT2D eigenvalue weighted by Crippen LogP contribution is 2.42. The maximum atomic E-state index is 12.8. The molecule has 0 saturated heterocycles. The molecule has 5 nitrogen and oxygen atoms in total. The number of benzene rings is 1. The highest BCUT2D eigenvalue weighted by atomic mass is 19.3.